The molecule has 0 bridgehead atoms. The molecule has 3 aromatic rings. The fourth-order valence-corrected chi connectivity index (χ4v) is 4.42. The molecule has 2 aromatic heterocycles. The lowest BCUT2D eigenvalue weighted by Crippen LogP contribution is -2.30. The quantitative estimate of drug-likeness (QED) is 0.582. The number of nitrogens with zero attached hydrogens (tertiary/aromatic N) is 4. The first-order chi connectivity index (χ1) is 15.2. The second kappa shape index (κ2) is 8.34. The van der Waals surface area contributed by atoms with Crippen molar-refractivity contribution in [3.8, 4) is 17.1 Å². The van der Waals surface area contributed by atoms with Crippen LogP contribution in [0.1, 0.15) is 60.5 Å². The van der Waals surface area contributed by atoms with Gasteiger partial charge in [-0.1, -0.05) is 58.0 Å². The standard InChI is InChI=1S/C26H30N4O2/c1-17(2)16-29(5)25(32)19-11-12-22(27-15-19)30-20-13-26(3,4)14-21(31)23(20)24(28-30)18-9-7-6-8-10-18/h6-12,15,17H,13-14,16H2,1-5H3. The second-order valence-electron chi connectivity index (χ2n) is 9.87. The van der Waals surface area contributed by atoms with Crippen LogP contribution in [-0.2, 0) is 6.42 Å². The van der Waals surface area contributed by atoms with E-state index < -0.39 is 0 Å². The normalized spacial score (nSPS) is 15.0. The molecule has 4 rings (SSSR count). The van der Waals surface area contributed by atoms with Gasteiger partial charge in [0.1, 0.15) is 5.69 Å². The molecule has 0 aliphatic heterocycles. The summed E-state index contributed by atoms with van der Waals surface area (Å²) < 4.78 is 1.78. The van der Waals surface area contributed by atoms with Crippen molar-refractivity contribution in [2.75, 3.05) is 13.6 Å². The molecule has 6 nitrogen and oxygen atoms in total. The van der Waals surface area contributed by atoms with E-state index in [4.69, 9.17) is 5.10 Å². The Morgan fingerprint density at radius 1 is 1.12 bits per heavy atom. The summed E-state index contributed by atoms with van der Waals surface area (Å²) in [6, 6.07) is 13.4. The molecule has 0 radical (unpaired) electrons. The van der Waals surface area contributed by atoms with E-state index in [9.17, 15) is 9.59 Å². The summed E-state index contributed by atoms with van der Waals surface area (Å²) in [5.41, 5.74) is 3.57. The van der Waals surface area contributed by atoms with Crippen LogP contribution in [0.2, 0.25) is 0 Å². The van der Waals surface area contributed by atoms with Gasteiger partial charge in [-0.05, 0) is 29.9 Å². The Hall–Kier alpha value is -3.28. The van der Waals surface area contributed by atoms with E-state index in [-0.39, 0.29) is 17.1 Å². The highest BCUT2D eigenvalue weighted by Crippen LogP contribution is 2.39. The zero-order chi connectivity index (χ0) is 23.0. The monoisotopic (exact) mass is 430 g/mol. The fourth-order valence-electron chi connectivity index (χ4n) is 4.42. The highest BCUT2D eigenvalue weighted by molar-refractivity contribution is 6.04. The zero-order valence-electron chi connectivity index (χ0n) is 19.4. The first-order valence-corrected chi connectivity index (χ1v) is 11.1. The molecular formula is C26H30N4O2. The summed E-state index contributed by atoms with van der Waals surface area (Å²) >= 11 is 0. The Morgan fingerprint density at radius 3 is 2.47 bits per heavy atom. The minimum atomic E-state index is -0.148. The van der Waals surface area contributed by atoms with Gasteiger partial charge >= 0.3 is 0 Å². The third-order valence-electron chi connectivity index (χ3n) is 5.79. The Morgan fingerprint density at radius 2 is 1.84 bits per heavy atom. The summed E-state index contributed by atoms with van der Waals surface area (Å²) in [7, 11) is 1.81. The Kier molecular flexibility index (Phi) is 5.71. The molecule has 0 fully saturated rings. The van der Waals surface area contributed by atoms with Gasteiger partial charge in [-0.3, -0.25) is 9.59 Å². The first-order valence-electron chi connectivity index (χ1n) is 11.1. The third kappa shape index (κ3) is 4.22. The lowest BCUT2D eigenvalue weighted by molar-refractivity contribution is 0.0778. The number of rotatable bonds is 5. The van der Waals surface area contributed by atoms with E-state index in [2.05, 4.69) is 32.7 Å². The Labute approximate surface area is 189 Å². The van der Waals surface area contributed by atoms with Crippen molar-refractivity contribution < 1.29 is 9.59 Å². The lowest BCUT2D eigenvalue weighted by Gasteiger charge is -2.29. The number of benzene rings is 1. The summed E-state index contributed by atoms with van der Waals surface area (Å²) in [6.45, 7) is 9.06. The summed E-state index contributed by atoms with van der Waals surface area (Å²) in [5.74, 6) is 1.06. The van der Waals surface area contributed by atoms with Crippen LogP contribution in [0.25, 0.3) is 17.1 Å². The molecule has 1 aliphatic rings. The van der Waals surface area contributed by atoms with Crippen LogP contribution in [0.3, 0.4) is 0 Å². The van der Waals surface area contributed by atoms with Gasteiger partial charge in [0.15, 0.2) is 11.6 Å². The maximum atomic E-state index is 13.1. The van der Waals surface area contributed by atoms with E-state index >= 15 is 0 Å². The number of fused-ring (bicyclic) bond motifs is 1. The molecule has 0 saturated heterocycles. The van der Waals surface area contributed by atoms with E-state index in [1.807, 2.05) is 36.4 Å². The van der Waals surface area contributed by atoms with Gasteiger partial charge in [0.2, 0.25) is 0 Å². The van der Waals surface area contributed by atoms with Crippen molar-refractivity contribution in [1.29, 1.82) is 0 Å². The zero-order valence-corrected chi connectivity index (χ0v) is 19.4. The molecular weight excluding hydrogens is 400 g/mol. The summed E-state index contributed by atoms with van der Waals surface area (Å²) in [5, 5.41) is 4.84. The Balaban J connectivity index is 1.76. The number of Topliss-reactive ketones (excluding diaryl/α,β-unsaturated/α-hetero) is 1. The summed E-state index contributed by atoms with van der Waals surface area (Å²) in [4.78, 5) is 32.1. The predicted octanol–water partition coefficient (Wildman–Crippen LogP) is 4.82. The smallest absolute Gasteiger partial charge is 0.255 e. The van der Waals surface area contributed by atoms with Crippen molar-refractivity contribution in [3.05, 3.63) is 65.5 Å². The van der Waals surface area contributed by atoms with Gasteiger partial charge in [-0.15, -0.1) is 0 Å². The molecule has 166 valence electrons. The largest absolute Gasteiger partial charge is 0.341 e. The first kappa shape index (κ1) is 21.9. The van der Waals surface area contributed by atoms with Gasteiger partial charge in [0, 0.05) is 31.8 Å². The molecule has 1 aliphatic carbocycles. The molecule has 2 heterocycles. The molecule has 6 heteroatoms. The molecule has 1 aromatic carbocycles. The number of ketones is 1. The molecule has 0 spiro atoms. The number of aromatic nitrogens is 3. The average molecular weight is 431 g/mol. The van der Waals surface area contributed by atoms with Crippen LogP contribution in [0.4, 0.5) is 0 Å². The number of carbonyl (C=O) groups excluding carboxylic acids is 2. The van der Waals surface area contributed by atoms with Gasteiger partial charge in [-0.25, -0.2) is 9.67 Å². The van der Waals surface area contributed by atoms with Crippen LogP contribution < -0.4 is 0 Å². The fraction of sp³-hybridized carbons (Fsp3) is 0.385. The van der Waals surface area contributed by atoms with Crippen molar-refractivity contribution in [2.45, 2.75) is 40.5 Å². The molecule has 0 atom stereocenters. The van der Waals surface area contributed by atoms with E-state index in [0.29, 0.717) is 41.5 Å². The number of hydrogen-bond acceptors (Lipinski definition) is 4. The molecule has 1 amide bonds. The van der Waals surface area contributed by atoms with Gasteiger partial charge in [0.25, 0.3) is 5.91 Å². The minimum absolute atomic E-state index is 0.0541. The van der Waals surface area contributed by atoms with E-state index in [0.717, 1.165) is 17.7 Å². The molecule has 0 unspecified atom stereocenters. The highest BCUT2D eigenvalue weighted by Gasteiger charge is 2.37. The third-order valence-corrected chi connectivity index (χ3v) is 5.79. The topological polar surface area (TPSA) is 68.1 Å². The number of carbonyl (C=O) groups is 2. The SMILES string of the molecule is CC(C)CN(C)C(=O)c1ccc(-n2nc(-c3ccccc3)c3c2CC(C)(C)CC3=O)nc1. The number of hydrogen-bond donors (Lipinski definition) is 0. The molecule has 32 heavy (non-hydrogen) atoms. The van der Waals surface area contributed by atoms with Crippen molar-refractivity contribution >= 4 is 11.7 Å². The van der Waals surface area contributed by atoms with Crippen molar-refractivity contribution in [3.63, 3.8) is 0 Å². The van der Waals surface area contributed by atoms with Crippen molar-refractivity contribution in [1.82, 2.24) is 19.7 Å². The lowest BCUT2D eigenvalue weighted by atomic mass is 9.75. The maximum absolute atomic E-state index is 13.1. The summed E-state index contributed by atoms with van der Waals surface area (Å²) in [6.07, 6.45) is 2.82. The van der Waals surface area contributed by atoms with Crippen LogP contribution in [0.15, 0.2) is 48.7 Å². The molecule has 0 N–H and O–H groups in total. The van der Waals surface area contributed by atoms with Crippen LogP contribution in [0.5, 0.6) is 0 Å². The highest BCUT2D eigenvalue weighted by atomic mass is 16.2. The second-order valence-corrected chi connectivity index (χ2v) is 9.87. The Bertz CT molecular complexity index is 1140. The predicted molar refractivity (Wildman–Crippen MR) is 125 cm³/mol. The van der Waals surface area contributed by atoms with Gasteiger partial charge in [-0.2, -0.15) is 5.10 Å². The molecule has 0 saturated carbocycles. The average Bonchev–Trinajstić information content (AvgIpc) is 3.12. The number of pyridine rings is 1. The van der Waals surface area contributed by atoms with Crippen LogP contribution in [0, 0.1) is 11.3 Å². The van der Waals surface area contributed by atoms with Gasteiger partial charge in [0.05, 0.1) is 16.8 Å². The van der Waals surface area contributed by atoms with E-state index in [1.165, 1.54) is 0 Å². The maximum Gasteiger partial charge on any atom is 0.255 e. The van der Waals surface area contributed by atoms with E-state index in [1.54, 1.807) is 28.9 Å². The van der Waals surface area contributed by atoms with Crippen LogP contribution >= 0.6 is 0 Å². The van der Waals surface area contributed by atoms with Gasteiger partial charge < -0.3 is 4.90 Å². The van der Waals surface area contributed by atoms with Crippen molar-refractivity contribution in [2.24, 2.45) is 11.3 Å². The number of amides is 1. The minimum Gasteiger partial charge on any atom is -0.341 e. The van der Waals surface area contributed by atoms with Crippen LogP contribution in [-0.4, -0.2) is 44.9 Å².